The zero-order chi connectivity index (χ0) is 16.7. The van der Waals surface area contributed by atoms with E-state index in [0.717, 1.165) is 4.88 Å². The molecule has 3 rings (SSSR count). The number of hydrogen-bond donors (Lipinski definition) is 0. The minimum Gasteiger partial charge on any atom is -0.459 e. The van der Waals surface area contributed by atoms with E-state index in [1.54, 1.807) is 11.8 Å². The van der Waals surface area contributed by atoms with Gasteiger partial charge in [0.15, 0.2) is 5.17 Å². The molecule has 0 saturated carbocycles. The molecule has 1 aromatic heterocycles. The lowest BCUT2D eigenvalue weighted by molar-refractivity contribution is -0.143. The van der Waals surface area contributed by atoms with Crippen molar-refractivity contribution in [2.75, 3.05) is 0 Å². The topological polar surface area (TPSA) is 59.0 Å². The Kier molecular flexibility index (Phi) is 4.33. The van der Waals surface area contributed by atoms with Crippen molar-refractivity contribution < 1.29 is 14.3 Å². The van der Waals surface area contributed by atoms with Gasteiger partial charge in [-0.1, -0.05) is 17.8 Å². The first kappa shape index (κ1) is 16.3. The second kappa shape index (κ2) is 6.13. The number of amides is 1. The normalized spacial score (nSPS) is 24.1. The van der Waals surface area contributed by atoms with E-state index in [4.69, 9.17) is 4.74 Å². The maximum absolute atomic E-state index is 12.6. The van der Waals surface area contributed by atoms with Gasteiger partial charge in [-0.3, -0.25) is 9.69 Å². The van der Waals surface area contributed by atoms with E-state index in [1.807, 2.05) is 38.3 Å². The highest BCUT2D eigenvalue weighted by molar-refractivity contribution is 8.15. The van der Waals surface area contributed by atoms with Crippen LogP contribution in [0.4, 0.5) is 0 Å². The quantitative estimate of drug-likeness (QED) is 0.785. The number of carbonyl (C=O) groups is 2. The lowest BCUT2D eigenvalue weighted by atomic mass is 10.00. The third kappa shape index (κ3) is 2.83. The lowest BCUT2D eigenvalue weighted by Crippen LogP contribution is -2.40. The van der Waals surface area contributed by atoms with Gasteiger partial charge in [0.2, 0.25) is 5.91 Å². The summed E-state index contributed by atoms with van der Waals surface area (Å²) in [6, 6.07) is 3.41. The van der Waals surface area contributed by atoms with Gasteiger partial charge in [-0.05, 0) is 39.1 Å². The summed E-state index contributed by atoms with van der Waals surface area (Å²) in [4.78, 5) is 32.3. The number of hydrogen-bond acceptors (Lipinski definition) is 6. The Morgan fingerprint density at radius 1 is 1.43 bits per heavy atom. The van der Waals surface area contributed by atoms with Crippen LogP contribution in [0.5, 0.6) is 0 Å². The summed E-state index contributed by atoms with van der Waals surface area (Å²) in [7, 11) is 0. The molecule has 7 heteroatoms. The highest BCUT2D eigenvalue weighted by Gasteiger charge is 2.46. The van der Waals surface area contributed by atoms with Crippen LogP contribution in [0, 0.1) is 0 Å². The van der Waals surface area contributed by atoms with E-state index in [9.17, 15) is 9.59 Å². The number of amidine groups is 1. The molecule has 0 bridgehead atoms. The number of esters is 1. The molecule has 5 nitrogen and oxygen atoms in total. The number of allylic oxidation sites excluding steroid dienone is 1. The molecule has 0 radical (unpaired) electrons. The Bertz CT molecular complexity index is 707. The van der Waals surface area contributed by atoms with E-state index in [1.165, 1.54) is 23.1 Å². The lowest BCUT2D eigenvalue weighted by Gasteiger charge is -2.32. The number of thiophene rings is 1. The first-order chi connectivity index (χ1) is 10.9. The van der Waals surface area contributed by atoms with Crippen molar-refractivity contribution in [1.29, 1.82) is 0 Å². The van der Waals surface area contributed by atoms with Gasteiger partial charge in [-0.15, -0.1) is 11.3 Å². The van der Waals surface area contributed by atoms with Crippen molar-refractivity contribution in [2.45, 2.75) is 45.1 Å². The fourth-order valence-corrected chi connectivity index (χ4v) is 4.51. The first-order valence-corrected chi connectivity index (χ1v) is 9.19. The second-order valence-corrected chi connectivity index (χ2v) is 8.02. The van der Waals surface area contributed by atoms with Crippen LogP contribution in [0.25, 0.3) is 0 Å². The van der Waals surface area contributed by atoms with Gasteiger partial charge in [0.1, 0.15) is 6.04 Å². The van der Waals surface area contributed by atoms with E-state index < -0.39 is 12.0 Å². The zero-order valence-corrected chi connectivity index (χ0v) is 15.0. The van der Waals surface area contributed by atoms with E-state index in [-0.39, 0.29) is 17.3 Å². The van der Waals surface area contributed by atoms with Gasteiger partial charge in [0, 0.05) is 4.88 Å². The van der Waals surface area contributed by atoms with Gasteiger partial charge >= 0.3 is 5.97 Å². The molecule has 1 saturated heterocycles. The smallest absolute Gasteiger partial charge is 0.338 e. The number of fused-ring (bicyclic) bond motifs is 1. The molecule has 2 aliphatic heterocycles. The Morgan fingerprint density at radius 3 is 2.78 bits per heavy atom. The Balaban J connectivity index is 2.10. The molecular weight excluding hydrogens is 332 g/mol. The average molecular weight is 350 g/mol. The monoisotopic (exact) mass is 350 g/mol. The van der Waals surface area contributed by atoms with Crippen LogP contribution < -0.4 is 0 Å². The van der Waals surface area contributed by atoms with Gasteiger partial charge in [-0.2, -0.15) is 0 Å². The van der Waals surface area contributed by atoms with Crippen LogP contribution in [0.3, 0.4) is 0 Å². The number of carbonyl (C=O) groups excluding carboxylic acids is 2. The Labute approximate surface area is 143 Å². The number of rotatable bonds is 3. The summed E-state index contributed by atoms with van der Waals surface area (Å²) < 4.78 is 5.39. The Hall–Kier alpha value is -1.60. The van der Waals surface area contributed by atoms with Crippen molar-refractivity contribution >= 4 is 40.1 Å². The second-order valence-electron chi connectivity index (χ2n) is 5.73. The molecule has 3 heterocycles. The van der Waals surface area contributed by atoms with Crippen molar-refractivity contribution in [3.05, 3.63) is 33.7 Å². The highest BCUT2D eigenvalue weighted by atomic mass is 32.2. The fourth-order valence-electron chi connectivity index (χ4n) is 2.66. The van der Waals surface area contributed by atoms with Crippen LogP contribution in [-0.4, -0.2) is 33.3 Å². The van der Waals surface area contributed by atoms with Gasteiger partial charge in [0.05, 0.1) is 22.6 Å². The molecule has 1 fully saturated rings. The van der Waals surface area contributed by atoms with Gasteiger partial charge < -0.3 is 4.74 Å². The molecule has 2 atom stereocenters. The predicted octanol–water partition coefficient (Wildman–Crippen LogP) is 3.35. The van der Waals surface area contributed by atoms with Crippen molar-refractivity contribution in [1.82, 2.24) is 4.90 Å². The number of ether oxygens (including phenoxy) is 1. The molecule has 122 valence electrons. The van der Waals surface area contributed by atoms with Crippen LogP contribution in [0.1, 0.15) is 38.6 Å². The van der Waals surface area contributed by atoms with Crippen LogP contribution in [-0.2, 0) is 14.3 Å². The average Bonchev–Trinajstić information content (AvgIpc) is 3.06. The molecule has 1 amide bonds. The first-order valence-electron chi connectivity index (χ1n) is 7.43. The summed E-state index contributed by atoms with van der Waals surface area (Å²) in [5.41, 5.74) is 1.07. The summed E-state index contributed by atoms with van der Waals surface area (Å²) in [5.74, 6) is -0.425. The minimum absolute atomic E-state index is 0.0190. The summed E-state index contributed by atoms with van der Waals surface area (Å²) in [6.07, 6.45) is -0.222. The maximum Gasteiger partial charge on any atom is 0.338 e. The predicted molar refractivity (Wildman–Crippen MR) is 92.3 cm³/mol. The standard InChI is InChI=1S/C16H18N2O3S2/c1-8(2)21-15(20)12-9(3)17-16-18(14(19)10(4)23-16)13(12)11-6-5-7-22-11/h5-8,10,13H,1-4H3/t10-,13-/m0/s1. The molecular formula is C16H18N2O3S2. The van der Waals surface area contributed by atoms with Crippen molar-refractivity contribution in [2.24, 2.45) is 4.99 Å². The van der Waals surface area contributed by atoms with Crippen molar-refractivity contribution in [3.8, 4) is 0 Å². The highest BCUT2D eigenvalue weighted by Crippen LogP contribution is 2.44. The molecule has 0 unspecified atom stereocenters. The summed E-state index contributed by atoms with van der Waals surface area (Å²) >= 11 is 2.96. The largest absolute Gasteiger partial charge is 0.459 e. The fraction of sp³-hybridized carbons (Fsp3) is 0.438. The molecule has 0 aliphatic carbocycles. The third-order valence-electron chi connectivity index (χ3n) is 3.63. The minimum atomic E-state index is -0.446. The maximum atomic E-state index is 12.6. The molecule has 1 aromatic rings. The number of aliphatic imine (C=N–C) groups is 1. The van der Waals surface area contributed by atoms with E-state index in [0.29, 0.717) is 16.4 Å². The number of thioether (sulfide) groups is 1. The third-order valence-corrected chi connectivity index (χ3v) is 5.61. The SMILES string of the molecule is CC1=C(C(=O)OC(C)C)[C@H](c2cccs2)N2C(=O)[C@H](C)SC2=N1. The van der Waals surface area contributed by atoms with Crippen LogP contribution in [0.2, 0.25) is 0 Å². The zero-order valence-electron chi connectivity index (χ0n) is 13.4. The summed E-state index contributed by atoms with van der Waals surface area (Å²) in [5, 5.41) is 2.42. The van der Waals surface area contributed by atoms with E-state index in [2.05, 4.69) is 4.99 Å². The molecule has 23 heavy (non-hydrogen) atoms. The summed E-state index contributed by atoms with van der Waals surface area (Å²) in [6.45, 7) is 7.28. The van der Waals surface area contributed by atoms with Crippen molar-refractivity contribution in [3.63, 3.8) is 0 Å². The number of nitrogens with zero attached hydrogens (tertiary/aromatic N) is 2. The van der Waals surface area contributed by atoms with E-state index >= 15 is 0 Å². The molecule has 2 aliphatic rings. The van der Waals surface area contributed by atoms with Crippen LogP contribution in [0.15, 0.2) is 33.8 Å². The van der Waals surface area contributed by atoms with Gasteiger partial charge in [0.25, 0.3) is 0 Å². The molecule has 0 N–H and O–H groups in total. The Morgan fingerprint density at radius 2 is 2.17 bits per heavy atom. The molecule has 0 aromatic carbocycles. The molecule has 0 spiro atoms. The van der Waals surface area contributed by atoms with Gasteiger partial charge in [-0.25, -0.2) is 9.79 Å². The van der Waals surface area contributed by atoms with Crippen LogP contribution >= 0.6 is 23.1 Å².